The van der Waals surface area contributed by atoms with Crippen molar-refractivity contribution in [3.8, 4) is 0 Å². The van der Waals surface area contributed by atoms with Gasteiger partial charge in [-0.2, -0.15) is 0 Å². The van der Waals surface area contributed by atoms with Gasteiger partial charge < -0.3 is 10.7 Å². The number of nitrogens with one attached hydrogen (secondary N) is 1. The van der Waals surface area contributed by atoms with E-state index >= 15 is 0 Å². The van der Waals surface area contributed by atoms with Crippen LogP contribution in [0.2, 0.25) is 0 Å². The number of rotatable bonds is 4. The molecule has 0 unspecified atom stereocenters. The summed E-state index contributed by atoms with van der Waals surface area (Å²) in [6.07, 6.45) is 0. The summed E-state index contributed by atoms with van der Waals surface area (Å²) >= 11 is 5.93. The molecular weight excluding hydrogens is 357 g/mol. The molecule has 0 atom stereocenters. The van der Waals surface area contributed by atoms with Gasteiger partial charge in [-0.05, 0) is 23.6 Å². The second kappa shape index (κ2) is 5.59. The number of hydrogen-bond acceptors (Lipinski definition) is 4. The van der Waals surface area contributed by atoms with Crippen LogP contribution in [-0.4, -0.2) is 25.4 Å². The third kappa shape index (κ3) is 2.50. The van der Waals surface area contributed by atoms with E-state index in [4.69, 9.17) is 18.0 Å². The molecule has 1 aromatic carbocycles. The number of aromatic nitrogens is 1. The molecule has 9 heteroatoms. The van der Waals surface area contributed by atoms with E-state index in [0.29, 0.717) is 11.2 Å². The number of sulfonamides is 1. The lowest BCUT2D eigenvalue weighted by Crippen LogP contribution is -2.26. The highest BCUT2D eigenvalue weighted by atomic mass is 32.2. The Balaban J connectivity index is 2.21. The first kappa shape index (κ1) is 15.9. The molecule has 0 spiro atoms. The number of para-hydroxylation sites is 1. The molecule has 0 radical (unpaired) electrons. The molecule has 120 valence electrons. The number of nitrogens with two attached hydrogens (primary N) is 1. The van der Waals surface area contributed by atoms with Crippen LogP contribution in [0.1, 0.15) is 5.69 Å². The molecule has 2 heterocycles. The van der Waals surface area contributed by atoms with Gasteiger partial charge in [-0.25, -0.2) is 12.8 Å². The summed E-state index contributed by atoms with van der Waals surface area (Å²) in [5, 5.41) is 1.92. The number of fused-ring (bicyclic) bond motifs is 1. The van der Waals surface area contributed by atoms with Crippen LogP contribution < -0.4 is 10.0 Å². The minimum Gasteiger partial charge on any atom is -0.388 e. The van der Waals surface area contributed by atoms with E-state index in [0.717, 1.165) is 15.6 Å². The molecule has 0 bridgehead atoms. The molecule has 0 saturated heterocycles. The van der Waals surface area contributed by atoms with Crippen molar-refractivity contribution >= 4 is 55.2 Å². The van der Waals surface area contributed by atoms with Gasteiger partial charge in [0.2, 0.25) is 0 Å². The van der Waals surface area contributed by atoms with Gasteiger partial charge in [0.15, 0.2) is 5.82 Å². The van der Waals surface area contributed by atoms with E-state index in [-0.39, 0.29) is 20.3 Å². The Morgan fingerprint density at radius 3 is 2.70 bits per heavy atom. The predicted octanol–water partition coefficient (Wildman–Crippen LogP) is 2.83. The van der Waals surface area contributed by atoms with Crippen LogP contribution in [0, 0.1) is 5.82 Å². The summed E-state index contributed by atoms with van der Waals surface area (Å²) in [6.45, 7) is 0. The molecule has 3 N–H and O–H groups in total. The molecule has 0 aliphatic heterocycles. The van der Waals surface area contributed by atoms with Crippen molar-refractivity contribution in [1.82, 2.24) is 4.98 Å². The zero-order valence-electron chi connectivity index (χ0n) is 11.9. The van der Waals surface area contributed by atoms with E-state index in [9.17, 15) is 12.8 Å². The highest BCUT2D eigenvalue weighted by Crippen LogP contribution is 2.32. The molecule has 0 aliphatic carbocycles. The highest BCUT2D eigenvalue weighted by Gasteiger charge is 2.25. The van der Waals surface area contributed by atoms with Gasteiger partial charge in [0.05, 0.1) is 11.2 Å². The van der Waals surface area contributed by atoms with Gasteiger partial charge in [0, 0.05) is 12.4 Å². The first-order valence-electron chi connectivity index (χ1n) is 6.46. The van der Waals surface area contributed by atoms with Crippen LogP contribution in [-0.2, 0) is 10.0 Å². The third-order valence-electron chi connectivity index (χ3n) is 3.44. The van der Waals surface area contributed by atoms with E-state index in [2.05, 4.69) is 4.98 Å². The fourth-order valence-electron chi connectivity index (χ4n) is 2.28. The highest BCUT2D eigenvalue weighted by molar-refractivity contribution is 7.94. The monoisotopic (exact) mass is 369 g/mol. The number of nitrogens with zero attached hydrogens (tertiary/aromatic N) is 1. The summed E-state index contributed by atoms with van der Waals surface area (Å²) < 4.78 is 40.9. The molecule has 3 rings (SSSR count). The molecule has 0 aliphatic rings. The number of aromatic amines is 1. The SMILES string of the molecule is CN(c1cccc2c(F)c(C(N)=S)[nH]c12)S(=O)(=O)c1cccs1. The van der Waals surface area contributed by atoms with Gasteiger partial charge >= 0.3 is 0 Å². The molecule has 2 aromatic heterocycles. The summed E-state index contributed by atoms with van der Waals surface area (Å²) in [6, 6.07) is 7.89. The van der Waals surface area contributed by atoms with Crippen molar-refractivity contribution in [2.45, 2.75) is 4.21 Å². The maximum absolute atomic E-state index is 14.3. The van der Waals surface area contributed by atoms with Crippen LogP contribution in [0.4, 0.5) is 10.1 Å². The summed E-state index contributed by atoms with van der Waals surface area (Å²) in [5.74, 6) is -0.587. The fourth-order valence-corrected chi connectivity index (χ4v) is 4.78. The molecule has 23 heavy (non-hydrogen) atoms. The average Bonchev–Trinajstić information content (AvgIpc) is 3.15. The largest absolute Gasteiger partial charge is 0.388 e. The fraction of sp³-hybridized carbons (Fsp3) is 0.0714. The van der Waals surface area contributed by atoms with Crippen molar-refractivity contribution in [2.24, 2.45) is 5.73 Å². The van der Waals surface area contributed by atoms with Crippen LogP contribution in [0.3, 0.4) is 0 Å². The lowest BCUT2D eigenvalue weighted by atomic mass is 10.2. The Labute approximate surface area is 141 Å². The Bertz CT molecular complexity index is 994. The first-order chi connectivity index (χ1) is 10.8. The normalized spacial score (nSPS) is 11.7. The Morgan fingerprint density at radius 2 is 2.09 bits per heavy atom. The number of hydrogen-bond donors (Lipinski definition) is 2. The second-order valence-electron chi connectivity index (χ2n) is 4.78. The van der Waals surface area contributed by atoms with E-state index in [1.807, 2.05) is 0 Å². The van der Waals surface area contributed by atoms with E-state index in [1.54, 1.807) is 23.6 Å². The molecule has 0 saturated carbocycles. The number of halogens is 1. The van der Waals surface area contributed by atoms with Crippen LogP contribution in [0.25, 0.3) is 10.9 Å². The van der Waals surface area contributed by atoms with Gasteiger partial charge in [-0.1, -0.05) is 24.4 Å². The van der Waals surface area contributed by atoms with E-state index < -0.39 is 15.8 Å². The number of benzene rings is 1. The lowest BCUT2D eigenvalue weighted by molar-refractivity contribution is 0.596. The zero-order chi connectivity index (χ0) is 16.8. The maximum Gasteiger partial charge on any atom is 0.273 e. The van der Waals surface area contributed by atoms with Gasteiger partial charge in [0.25, 0.3) is 10.0 Å². The zero-order valence-corrected chi connectivity index (χ0v) is 14.4. The summed E-state index contributed by atoms with van der Waals surface area (Å²) in [4.78, 5) is 2.67. The van der Waals surface area contributed by atoms with Crippen molar-refractivity contribution in [1.29, 1.82) is 0 Å². The smallest absolute Gasteiger partial charge is 0.273 e. The minimum atomic E-state index is -3.72. The van der Waals surface area contributed by atoms with Crippen LogP contribution >= 0.6 is 23.6 Å². The minimum absolute atomic E-state index is 0.00984. The predicted molar refractivity (Wildman–Crippen MR) is 94.1 cm³/mol. The molecule has 5 nitrogen and oxygen atoms in total. The number of anilines is 1. The molecule has 3 aromatic rings. The summed E-state index contributed by atoms with van der Waals surface area (Å²) in [5.41, 5.74) is 6.13. The van der Waals surface area contributed by atoms with Gasteiger partial charge in [-0.15, -0.1) is 11.3 Å². The second-order valence-corrected chi connectivity index (χ2v) is 8.37. The lowest BCUT2D eigenvalue weighted by Gasteiger charge is -2.19. The van der Waals surface area contributed by atoms with Crippen molar-refractivity contribution in [2.75, 3.05) is 11.4 Å². The number of thiophene rings is 1. The average molecular weight is 369 g/mol. The van der Waals surface area contributed by atoms with Crippen molar-refractivity contribution in [3.63, 3.8) is 0 Å². The maximum atomic E-state index is 14.3. The van der Waals surface area contributed by atoms with E-state index in [1.165, 1.54) is 19.2 Å². The third-order valence-corrected chi connectivity index (χ3v) is 6.79. The molecule has 0 fully saturated rings. The first-order valence-corrected chi connectivity index (χ1v) is 9.19. The van der Waals surface area contributed by atoms with Crippen molar-refractivity contribution in [3.05, 3.63) is 47.2 Å². The molecule has 0 amide bonds. The Hall–Kier alpha value is -1.97. The standard InChI is InChI=1S/C14H12FN3O2S3/c1-18(23(19,20)10-6-3-7-22-10)9-5-2-4-8-11(15)13(14(16)21)17-12(8)9/h2-7,17H,1H3,(H2,16,21). The van der Waals surface area contributed by atoms with Gasteiger partial charge in [-0.3, -0.25) is 4.31 Å². The van der Waals surface area contributed by atoms with Crippen LogP contribution in [0.5, 0.6) is 0 Å². The van der Waals surface area contributed by atoms with Crippen LogP contribution in [0.15, 0.2) is 39.9 Å². The Kier molecular flexibility index (Phi) is 3.86. The van der Waals surface area contributed by atoms with Gasteiger partial charge in [0.1, 0.15) is 14.9 Å². The molecular formula is C14H12FN3O2S3. The summed E-state index contributed by atoms with van der Waals surface area (Å²) in [7, 11) is -2.30. The Morgan fingerprint density at radius 1 is 1.35 bits per heavy atom. The number of thiocarbonyl (C=S) groups is 1. The number of H-pyrrole nitrogens is 1. The topological polar surface area (TPSA) is 79.2 Å². The van der Waals surface area contributed by atoms with Crippen molar-refractivity contribution < 1.29 is 12.8 Å². The quantitative estimate of drug-likeness (QED) is 0.693.